The molecule has 0 saturated heterocycles. The van der Waals surface area contributed by atoms with Crippen molar-refractivity contribution in [2.45, 2.75) is 13.8 Å². The Hall–Kier alpha value is -1.36. The normalized spacial score (nSPS) is 12.2. The first kappa shape index (κ1) is 13.7. The molecule has 4 nitrogen and oxygen atoms in total. The number of nitrogens with one attached hydrogen (secondary N) is 1. The summed E-state index contributed by atoms with van der Waals surface area (Å²) >= 11 is 0. The van der Waals surface area contributed by atoms with Crippen LogP contribution in [0.3, 0.4) is 0 Å². The van der Waals surface area contributed by atoms with Crippen LogP contribution in [0.2, 0.25) is 0 Å². The molecule has 1 rings (SSSR count). The molecule has 1 aromatic carbocycles. The molecule has 17 heavy (non-hydrogen) atoms. The highest BCUT2D eigenvalue weighted by atomic mass is 32.2. The Kier molecular flexibility index (Phi) is 4.69. The van der Waals surface area contributed by atoms with Crippen molar-refractivity contribution in [2.75, 3.05) is 24.3 Å². The molecule has 94 valence electrons. The smallest absolute Gasteiger partial charge is 0.251 e. The molecule has 0 bridgehead atoms. The van der Waals surface area contributed by atoms with Gasteiger partial charge in [0, 0.05) is 40.6 Å². The first-order chi connectivity index (χ1) is 7.91. The van der Waals surface area contributed by atoms with Crippen LogP contribution in [0.25, 0.3) is 0 Å². The maximum atomic E-state index is 11.8. The molecule has 0 aliphatic heterocycles. The third-order valence-corrected chi connectivity index (χ3v) is 3.31. The lowest BCUT2D eigenvalue weighted by Crippen LogP contribution is -2.28. The molecule has 0 saturated carbocycles. The second kappa shape index (κ2) is 5.82. The van der Waals surface area contributed by atoms with Crippen molar-refractivity contribution in [1.29, 1.82) is 0 Å². The van der Waals surface area contributed by atoms with Crippen LogP contribution in [0, 0.1) is 13.8 Å². The van der Waals surface area contributed by atoms with Crippen molar-refractivity contribution < 1.29 is 9.00 Å². The second-order valence-corrected chi connectivity index (χ2v) is 5.61. The molecule has 1 atom stereocenters. The van der Waals surface area contributed by atoms with Gasteiger partial charge in [0.25, 0.3) is 5.91 Å². The summed E-state index contributed by atoms with van der Waals surface area (Å²) in [5.74, 6) is 0.297. The lowest BCUT2D eigenvalue weighted by molar-refractivity contribution is 0.0955. The number of amides is 1. The SMILES string of the molecule is Cc1cc(C)c(C(=O)NCCS(C)=O)cc1N. The Morgan fingerprint density at radius 3 is 2.59 bits per heavy atom. The average molecular weight is 254 g/mol. The van der Waals surface area contributed by atoms with E-state index in [4.69, 9.17) is 5.73 Å². The summed E-state index contributed by atoms with van der Waals surface area (Å²) in [4.78, 5) is 11.8. The molecule has 3 N–H and O–H groups in total. The number of anilines is 1. The molecule has 0 heterocycles. The van der Waals surface area contributed by atoms with Gasteiger partial charge < -0.3 is 11.1 Å². The van der Waals surface area contributed by atoms with Gasteiger partial charge in [-0.15, -0.1) is 0 Å². The Bertz CT molecular complexity index is 458. The second-order valence-electron chi connectivity index (χ2n) is 4.06. The fraction of sp³-hybridized carbons (Fsp3) is 0.417. The number of aryl methyl sites for hydroxylation is 2. The van der Waals surface area contributed by atoms with Crippen molar-refractivity contribution >= 4 is 22.4 Å². The van der Waals surface area contributed by atoms with Gasteiger partial charge in [0.05, 0.1) is 0 Å². The predicted octanol–water partition coefficient (Wildman–Crippen LogP) is 0.994. The molecule has 5 heteroatoms. The third-order valence-electron chi connectivity index (χ3n) is 2.53. The maximum Gasteiger partial charge on any atom is 0.251 e. The Balaban J connectivity index is 2.75. The lowest BCUT2D eigenvalue weighted by Gasteiger charge is -2.09. The number of carbonyl (C=O) groups is 1. The number of hydrogen-bond donors (Lipinski definition) is 2. The van der Waals surface area contributed by atoms with E-state index < -0.39 is 10.8 Å². The lowest BCUT2D eigenvalue weighted by atomic mass is 10.0. The highest BCUT2D eigenvalue weighted by Gasteiger charge is 2.10. The molecule has 0 radical (unpaired) electrons. The van der Waals surface area contributed by atoms with Crippen LogP contribution < -0.4 is 11.1 Å². The van der Waals surface area contributed by atoms with Gasteiger partial charge in [0.15, 0.2) is 0 Å². The van der Waals surface area contributed by atoms with Gasteiger partial charge in [-0.05, 0) is 31.0 Å². The van der Waals surface area contributed by atoms with E-state index >= 15 is 0 Å². The summed E-state index contributed by atoms with van der Waals surface area (Å²) in [5, 5.41) is 2.73. The van der Waals surface area contributed by atoms with Crippen LogP contribution in [-0.4, -0.2) is 28.7 Å². The zero-order valence-electron chi connectivity index (χ0n) is 10.4. The van der Waals surface area contributed by atoms with Gasteiger partial charge in [0.2, 0.25) is 0 Å². The minimum atomic E-state index is -0.891. The average Bonchev–Trinajstić information content (AvgIpc) is 2.22. The summed E-state index contributed by atoms with van der Waals surface area (Å²) in [6.07, 6.45) is 1.61. The van der Waals surface area contributed by atoms with E-state index in [1.807, 2.05) is 19.9 Å². The highest BCUT2D eigenvalue weighted by Crippen LogP contribution is 2.17. The minimum Gasteiger partial charge on any atom is -0.398 e. The van der Waals surface area contributed by atoms with E-state index in [2.05, 4.69) is 5.32 Å². The Labute approximate surface area is 104 Å². The van der Waals surface area contributed by atoms with E-state index in [1.54, 1.807) is 12.3 Å². The Morgan fingerprint density at radius 1 is 1.35 bits per heavy atom. The fourth-order valence-electron chi connectivity index (χ4n) is 1.52. The molecule has 0 aromatic heterocycles. The molecule has 0 spiro atoms. The van der Waals surface area contributed by atoms with Crippen molar-refractivity contribution in [1.82, 2.24) is 5.32 Å². The Morgan fingerprint density at radius 2 is 2.00 bits per heavy atom. The third kappa shape index (κ3) is 3.85. The number of hydrogen-bond acceptors (Lipinski definition) is 3. The molecule has 0 aliphatic carbocycles. The monoisotopic (exact) mass is 254 g/mol. The summed E-state index contributed by atoms with van der Waals surface area (Å²) in [6, 6.07) is 3.57. The maximum absolute atomic E-state index is 11.8. The van der Waals surface area contributed by atoms with Gasteiger partial charge in [-0.25, -0.2) is 0 Å². The number of nitrogens with two attached hydrogens (primary N) is 1. The number of carbonyl (C=O) groups excluding carboxylic acids is 1. The van der Waals surface area contributed by atoms with E-state index in [9.17, 15) is 9.00 Å². The highest BCUT2D eigenvalue weighted by molar-refractivity contribution is 7.84. The molecule has 1 unspecified atom stereocenters. The number of nitrogen functional groups attached to an aromatic ring is 1. The van der Waals surface area contributed by atoms with Gasteiger partial charge in [-0.2, -0.15) is 0 Å². The van der Waals surface area contributed by atoms with E-state index in [-0.39, 0.29) is 5.91 Å². The largest absolute Gasteiger partial charge is 0.398 e. The van der Waals surface area contributed by atoms with Gasteiger partial charge >= 0.3 is 0 Å². The van der Waals surface area contributed by atoms with Crippen molar-refractivity contribution in [3.05, 3.63) is 28.8 Å². The van der Waals surface area contributed by atoms with E-state index in [1.165, 1.54) is 0 Å². The van der Waals surface area contributed by atoms with Crippen LogP contribution >= 0.6 is 0 Å². The first-order valence-electron chi connectivity index (χ1n) is 5.36. The van der Waals surface area contributed by atoms with Crippen LogP contribution in [-0.2, 0) is 10.8 Å². The van der Waals surface area contributed by atoms with Gasteiger partial charge in [-0.3, -0.25) is 9.00 Å². The van der Waals surface area contributed by atoms with Crippen LogP contribution in [0.15, 0.2) is 12.1 Å². The zero-order valence-corrected chi connectivity index (χ0v) is 11.2. The molecular formula is C12H18N2O2S. The summed E-state index contributed by atoms with van der Waals surface area (Å²) < 4.78 is 10.9. The molecule has 0 aliphatic rings. The van der Waals surface area contributed by atoms with Gasteiger partial charge in [-0.1, -0.05) is 6.07 Å². The van der Waals surface area contributed by atoms with E-state index in [0.29, 0.717) is 23.5 Å². The quantitative estimate of drug-likeness (QED) is 0.787. The van der Waals surface area contributed by atoms with Crippen molar-refractivity contribution in [3.8, 4) is 0 Å². The summed E-state index contributed by atoms with van der Waals surface area (Å²) in [5.41, 5.74) is 8.83. The molecule has 1 aromatic rings. The van der Waals surface area contributed by atoms with Gasteiger partial charge in [0.1, 0.15) is 0 Å². The topological polar surface area (TPSA) is 72.2 Å². The fourth-order valence-corrected chi connectivity index (χ4v) is 1.91. The first-order valence-corrected chi connectivity index (χ1v) is 7.09. The molecular weight excluding hydrogens is 236 g/mol. The van der Waals surface area contributed by atoms with Crippen molar-refractivity contribution in [2.24, 2.45) is 0 Å². The standard InChI is InChI=1S/C12H18N2O2S/c1-8-6-9(2)11(13)7-10(8)12(15)14-4-5-17(3)16/h6-7H,4-5,13H2,1-3H3,(H,14,15). The van der Waals surface area contributed by atoms with E-state index in [0.717, 1.165) is 11.1 Å². The van der Waals surface area contributed by atoms with Crippen molar-refractivity contribution in [3.63, 3.8) is 0 Å². The van der Waals surface area contributed by atoms with Crippen LogP contribution in [0.5, 0.6) is 0 Å². The van der Waals surface area contributed by atoms with Crippen LogP contribution in [0.4, 0.5) is 5.69 Å². The molecule has 0 fully saturated rings. The minimum absolute atomic E-state index is 0.167. The number of rotatable bonds is 4. The molecule has 1 amide bonds. The number of benzene rings is 1. The summed E-state index contributed by atoms with van der Waals surface area (Å²) in [7, 11) is -0.891. The predicted molar refractivity (Wildman–Crippen MR) is 71.6 cm³/mol. The summed E-state index contributed by atoms with van der Waals surface area (Å²) in [6.45, 7) is 4.19. The van der Waals surface area contributed by atoms with Crippen LogP contribution in [0.1, 0.15) is 21.5 Å². The zero-order chi connectivity index (χ0) is 13.0.